The molecule has 2 N–H and O–H groups in total. The van der Waals surface area contributed by atoms with E-state index in [1.807, 2.05) is 0 Å². The van der Waals surface area contributed by atoms with E-state index in [1.165, 1.54) is 0 Å². The summed E-state index contributed by atoms with van der Waals surface area (Å²) in [7, 11) is 0. The first kappa shape index (κ1) is 7.63. The molecule has 0 saturated carbocycles. The zero-order valence-corrected chi connectivity index (χ0v) is 6.97. The molecule has 12 heavy (non-hydrogen) atoms. The second-order valence-electron chi connectivity index (χ2n) is 2.61. The summed E-state index contributed by atoms with van der Waals surface area (Å²) in [6, 6.07) is 0. The van der Waals surface area contributed by atoms with Gasteiger partial charge in [-0.3, -0.25) is 0 Å². The van der Waals surface area contributed by atoms with Crippen molar-refractivity contribution in [1.29, 1.82) is 0 Å². The van der Waals surface area contributed by atoms with Crippen molar-refractivity contribution in [2.45, 2.75) is 5.92 Å². The molecule has 2 rings (SSSR count). The summed E-state index contributed by atoms with van der Waals surface area (Å²) in [4.78, 5) is 10.4. The van der Waals surface area contributed by atoms with Gasteiger partial charge in [0.05, 0.1) is 0 Å². The normalized spacial score (nSPS) is 17.3. The van der Waals surface area contributed by atoms with E-state index in [9.17, 15) is 4.79 Å². The molecule has 2 heterocycles. The molecular formula is C6H7N3O2S. The third kappa shape index (κ3) is 1.19. The summed E-state index contributed by atoms with van der Waals surface area (Å²) in [5.74, 6) is -0.623. The third-order valence-electron chi connectivity index (χ3n) is 1.75. The highest BCUT2D eigenvalue weighted by molar-refractivity contribution is 7.13. The Morgan fingerprint density at radius 2 is 2.33 bits per heavy atom. The maximum absolute atomic E-state index is 10.4. The van der Waals surface area contributed by atoms with Gasteiger partial charge in [0.2, 0.25) is 5.01 Å². The van der Waals surface area contributed by atoms with Crippen LogP contribution in [0.15, 0.2) is 0 Å². The molecule has 0 amide bonds. The van der Waals surface area contributed by atoms with E-state index in [1.54, 1.807) is 0 Å². The molecule has 5 nitrogen and oxygen atoms in total. The van der Waals surface area contributed by atoms with E-state index in [-0.39, 0.29) is 5.01 Å². The van der Waals surface area contributed by atoms with Crippen LogP contribution in [0.4, 0.5) is 0 Å². The van der Waals surface area contributed by atoms with Crippen LogP contribution in [0.2, 0.25) is 0 Å². The van der Waals surface area contributed by atoms with Crippen LogP contribution >= 0.6 is 11.3 Å². The first-order chi connectivity index (χ1) is 5.77. The Hall–Kier alpha value is -1.01. The van der Waals surface area contributed by atoms with Gasteiger partial charge < -0.3 is 10.4 Å². The molecule has 1 aromatic rings. The topological polar surface area (TPSA) is 75.1 Å². The summed E-state index contributed by atoms with van der Waals surface area (Å²) in [5.41, 5.74) is 0. The molecule has 0 atom stereocenters. The summed E-state index contributed by atoms with van der Waals surface area (Å²) >= 11 is 1.16. The van der Waals surface area contributed by atoms with E-state index in [0.29, 0.717) is 5.92 Å². The fourth-order valence-corrected chi connectivity index (χ4v) is 1.73. The first-order valence-electron chi connectivity index (χ1n) is 3.55. The second kappa shape index (κ2) is 2.80. The van der Waals surface area contributed by atoms with Crippen molar-refractivity contribution >= 4 is 17.3 Å². The van der Waals surface area contributed by atoms with Gasteiger partial charge in [0, 0.05) is 19.0 Å². The Kier molecular flexibility index (Phi) is 1.78. The quantitative estimate of drug-likeness (QED) is 0.674. The number of carboxylic acids is 1. The van der Waals surface area contributed by atoms with Crippen LogP contribution in [-0.2, 0) is 0 Å². The van der Waals surface area contributed by atoms with Crippen LogP contribution in [-0.4, -0.2) is 34.4 Å². The molecule has 64 valence electrons. The van der Waals surface area contributed by atoms with E-state index in [4.69, 9.17) is 5.11 Å². The summed E-state index contributed by atoms with van der Waals surface area (Å²) in [5, 5.41) is 19.9. The van der Waals surface area contributed by atoms with Gasteiger partial charge in [0.25, 0.3) is 0 Å². The fourth-order valence-electron chi connectivity index (χ4n) is 0.949. The van der Waals surface area contributed by atoms with Crippen LogP contribution in [0.3, 0.4) is 0 Å². The van der Waals surface area contributed by atoms with Gasteiger partial charge in [-0.1, -0.05) is 11.3 Å². The molecule has 1 aliphatic heterocycles. The number of hydrogen-bond acceptors (Lipinski definition) is 5. The third-order valence-corrected chi connectivity index (χ3v) is 2.83. The van der Waals surface area contributed by atoms with Crippen LogP contribution in [0.5, 0.6) is 0 Å². The Morgan fingerprint density at radius 1 is 1.58 bits per heavy atom. The Labute approximate surface area is 72.4 Å². The molecule has 1 aliphatic rings. The van der Waals surface area contributed by atoms with Crippen molar-refractivity contribution in [1.82, 2.24) is 15.5 Å². The Morgan fingerprint density at radius 3 is 2.75 bits per heavy atom. The van der Waals surface area contributed by atoms with Gasteiger partial charge in [-0.2, -0.15) is 0 Å². The Bertz CT molecular complexity index is 307. The van der Waals surface area contributed by atoms with Gasteiger partial charge in [-0.05, 0) is 0 Å². The van der Waals surface area contributed by atoms with E-state index >= 15 is 0 Å². The van der Waals surface area contributed by atoms with E-state index in [2.05, 4.69) is 15.5 Å². The number of hydrogen-bond donors (Lipinski definition) is 2. The predicted molar refractivity (Wildman–Crippen MR) is 42.5 cm³/mol. The Balaban J connectivity index is 2.17. The lowest BCUT2D eigenvalue weighted by Gasteiger charge is -2.23. The summed E-state index contributed by atoms with van der Waals surface area (Å²) in [6.45, 7) is 1.77. The highest BCUT2D eigenvalue weighted by atomic mass is 32.1. The SMILES string of the molecule is O=C(O)c1nnc(C2CNC2)s1. The molecule has 0 spiro atoms. The van der Waals surface area contributed by atoms with Gasteiger partial charge in [0.1, 0.15) is 5.01 Å². The number of rotatable bonds is 2. The number of carboxylic acid groups (broad SMARTS) is 1. The molecule has 6 heteroatoms. The number of aromatic carboxylic acids is 1. The minimum absolute atomic E-state index is 0.0805. The van der Waals surface area contributed by atoms with Gasteiger partial charge in [-0.15, -0.1) is 10.2 Å². The van der Waals surface area contributed by atoms with Crippen LogP contribution in [0, 0.1) is 0 Å². The van der Waals surface area contributed by atoms with Crippen molar-refractivity contribution in [2.24, 2.45) is 0 Å². The van der Waals surface area contributed by atoms with Crippen LogP contribution < -0.4 is 5.32 Å². The van der Waals surface area contributed by atoms with Gasteiger partial charge >= 0.3 is 5.97 Å². The van der Waals surface area contributed by atoms with Crippen molar-refractivity contribution in [2.75, 3.05) is 13.1 Å². The molecular weight excluding hydrogens is 178 g/mol. The van der Waals surface area contributed by atoms with E-state index < -0.39 is 5.97 Å². The summed E-state index contributed by atoms with van der Waals surface area (Å²) in [6.07, 6.45) is 0. The molecule has 1 fully saturated rings. The van der Waals surface area contributed by atoms with Crippen molar-refractivity contribution in [3.8, 4) is 0 Å². The highest BCUT2D eigenvalue weighted by Crippen LogP contribution is 2.22. The maximum Gasteiger partial charge on any atom is 0.367 e. The lowest BCUT2D eigenvalue weighted by Crippen LogP contribution is -2.39. The predicted octanol–water partition coefficient (Wildman–Crippen LogP) is -0.0769. The lowest BCUT2D eigenvalue weighted by molar-refractivity contribution is 0.0695. The largest absolute Gasteiger partial charge is 0.476 e. The molecule has 0 aromatic carbocycles. The monoisotopic (exact) mass is 185 g/mol. The number of nitrogens with one attached hydrogen (secondary N) is 1. The smallest absolute Gasteiger partial charge is 0.367 e. The second-order valence-corrected chi connectivity index (χ2v) is 3.61. The molecule has 1 aromatic heterocycles. The average Bonchev–Trinajstić information content (AvgIpc) is 2.32. The van der Waals surface area contributed by atoms with Crippen molar-refractivity contribution in [3.05, 3.63) is 10.0 Å². The van der Waals surface area contributed by atoms with Crippen LogP contribution in [0.1, 0.15) is 20.7 Å². The number of carbonyl (C=O) groups is 1. The maximum atomic E-state index is 10.4. The number of nitrogens with zero attached hydrogens (tertiary/aromatic N) is 2. The minimum Gasteiger partial charge on any atom is -0.476 e. The standard InChI is InChI=1S/C6H7N3O2S/c10-6(11)5-9-8-4(12-5)3-1-7-2-3/h3,7H,1-2H2,(H,10,11). The van der Waals surface area contributed by atoms with Crippen LogP contribution in [0.25, 0.3) is 0 Å². The summed E-state index contributed by atoms with van der Waals surface area (Å²) < 4.78 is 0. The molecule has 0 bridgehead atoms. The van der Waals surface area contributed by atoms with Gasteiger partial charge in [-0.25, -0.2) is 4.79 Å². The van der Waals surface area contributed by atoms with E-state index in [0.717, 1.165) is 29.4 Å². The average molecular weight is 185 g/mol. The molecule has 0 radical (unpaired) electrons. The fraction of sp³-hybridized carbons (Fsp3) is 0.500. The van der Waals surface area contributed by atoms with Gasteiger partial charge in [0.15, 0.2) is 0 Å². The van der Waals surface area contributed by atoms with Crippen molar-refractivity contribution in [3.63, 3.8) is 0 Å². The lowest BCUT2D eigenvalue weighted by atomic mass is 10.1. The first-order valence-corrected chi connectivity index (χ1v) is 4.36. The number of aromatic nitrogens is 2. The minimum atomic E-state index is -0.994. The molecule has 0 unspecified atom stereocenters. The molecule has 0 aliphatic carbocycles. The van der Waals surface area contributed by atoms with Crippen molar-refractivity contribution < 1.29 is 9.90 Å². The molecule has 1 saturated heterocycles. The zero-order chi connectivity index (χ0) is 8.55. The zero-order valence-electron chi connectivity index (χ0n) is 6.15. The highest BCUT2D eigenvalue weighted by Gasteiger charge is 2.24.